The molecule has 2 aromatic rings. The molecule has 0 aliphatic rings. The summed E-state index contributed by atoms with van der Waals surface area (Å²) in [7, 11) is 0. The third-order valence-corrected chi connectivity index (χ3v) is 5.49. The van der Waals surface area contributed by atoms with Crippen LogP contribution in [0.5, 0.6) is 0 Å². The molecule has 0 aromatic carbocycles. The second-order valence-corrected chi connectivity index (χ2v) is 6.77. The summed E-state index contributed by atoms with van der Waals surface area (Å²) in [5.41, 5.74) is 8.41. The topological polar surface area (TPSA) is 52.3 Å². The molecule has 0 amide bonds. The fourth-order valence-corrected chi connectivity index (χ4v) is 4.46. The second kappa shape index (κ2) is 6.52. The molecular formula is C15H19NO2S2. The summed E-state index contributed by atoms with van der Waals surface area (Å²) in [6, 6.07) is 3.67. The minimum absolute atomic E-state index is 0.326. The van der Waals surface area contributed by atoms with Crippen LogP contribution in [0.2, 0.25) is 0 Å². The average Bonchev–Trinajstić information content (AvgIpc) is 2.95. The number of nitrogens with two attached hydrogens (primary N) is 1. The van der Waals surface area contributed by atoms with Crippen molar-refractivity contribution in [1.82, 2.24) is 0 Å². The second-order valence-electron chi connectivity index (χ2n) is 4.72. The smallest absolute Gasteiger partial charge is 0.323 e. The first kappa shape index (κ1) is 15.2. The van der Waals surface area contributed by atoms with Gasteiger partial charge in [-0.1, -0.05) is 0 Å². The SMILES string of the molecule is CCOC(=O)C(N)Cc1cc(C)c(-c2sccc2C)s1. The standard InChI is InChI=1S/C15H19NO2S2/c1-4-18-15(17)12(16)8-11-7-10(3)14(20-11)13-9(2)5-6-19-13/h5-7,12H,4,8,16H2,1-3H3. The normalized spacial score (nSPS) is 12.4. The van der Waals surface area contributed by atoms with E-state index in [-0.39, 0.29) is 5.97 Å². The lowest BCUT2D eigenvalue weighted by Crippen LogP contribution is -2.34. The monoisotopic (exact) mass is 309 g/mol. The predicted molar refractivity (Wildman–Crippen MR) is 85.4 cm³/mol. The van der Waals surface area contributed by atoms with Crippen molar-refractivity contribution in [3.05, 3.63) is 33.5 Å². The molecule has 0 saturated heterocycles. The first-order chi connectivity index (χ1) is 9.52. The van der Waals surface area contributed by atoms with Crippen LogP contribution in [0.4, 0.5) is 0 Å². The molecule has 20 heavy (non-hydrogen) atoms. The Morgan fingerprint density at radius 3 is 2.70 bits per heavy atom. The quantitative estimate of drug-likeness (QED) is 0.860. The zero-order valence-corrected chi connectivity index (χ0v) is 13.6. The van der Waals surface area contributed by atoms with Crippen LogP contribution in [0.25, 0.3) is 9.75 Å². The first-order valence-electron chi connectivity index (χ1n) is 6.59. The van der Waals surface area contributed by atoms with Gasteiger partial charge in [0.25, 0.3) is 0 Å². The number of hydrogen-bond donors (Lipinski definition) is 1. The van der Waals surface area contributed by atoms with Crippen LogP contribution in [-0.2, 0) is 16.0 Å². The Morgan fingerprint density at radius 1 is 1.35 bits per heavy atom. The number of hydrogen-bond acceptors (Lipinski definition) is 5. The van der Waals surface area contributed by atoms with E-state index in [2.05, 4.69) is 31.4 Å². The zero-order chi connectivity index (χ0) is 14.7. The van der Waals surface area contributed by atoms with Crippen molar-refractivity contribution >= 4 is 28.6 Å². The van der Waals surface area contributed by atoms with E-state index in [0.29, 0.717) is 13.0 Å². The fraction of sp³-hybridized carbons (Fsp3) is 0.400. The Balaban J connectivity index is 2.16. The van der Waals surface area contributed by atoms with Crippen LogP contribution in [0.3, 0.4) is 0 Å². The molecule has 0 aliphatic heterocycles. The van der Waals surface area contributed by atoms with Crippen molar-refractivity contribution in [3.63, 3.8) is 0 Å². The maximum Gasteiger partial charge on any atom is 0.323 e. The van der Waals surface area contributed by atoms with Crippen LogP contribution in [0.15, 0.2) is 17.5 Å². The highest BCUT2D eigenvalue weighted by molar-refractivity contribution is 7.21. The molecule has 0 fully saturated rings. The van der Waals surface area contributed by atoms with Gasteiger partial charge in [-0.15, -0.1) is 22.7 Å². The van der Waals surface area contributed by atoms with Crippen LogP contribution >= 0.6 is 22.7 Å². The lowest BCUT2D eigenvalue weighted by Gasteiger charge is -2.08. The Bertz CT molecular complexity index is 601. The summed E-state index contributed by atoms with van der Waals surface area (Å²) >= 11 is 3.47. The van der Waals surface area contributed by atoms with Gasteiger partial charge in [0.2, 0.25) is 0 Å². The van der Waals surface area contributed by atoms with Gasteiger partial charge in [-0.2, -0.15) is 0 Å². The van der Waals surface area contributed by atoms with E-state index in [0.717, 1.165) is 4.88 Å². The molecule has 3 nitrogen and oxygen atoms in total. The van der Waals surface area contributed by atoms with Gasteiger partial charge in [-0.25, -0.2) is 0 Å². The molecule has 2 aromatic heterocycles. The van der Waals surface area contributed by atoms with E-state index in [9.17, 15) is 4.79 Å². The van der Waals surface area contributed by atoms with Crippen LogP contribution in [-0.4, -0.2) is 18.6 Å². The molecular weight excluding hydrogens is 290 g/mol. The van der Waals surface area contributed by atoms with Crippen LogP contribution in [0.1, 0.15) is 22.9 Å². The van der Waals surface area contributed by atoms with Gasteiger partial charge < -0.3 is 10.5 Å². The van der Waals surface area contributed by atoms with Gasteiger partial charge in [0.1, 0.15) is 6.04 Å². The Labute approximate surface area is 127 Å². The summed E-state index contributed by atoms with van der Waals surface area (Å²) < 4.78 is 4.95. The first-order valence-corrected chi connectivity index (χ1v) is 8.28. The lowest BCUT2D eigenvalue weighted by molar-refractivity contribution is -0.144. The van der Waals surface area contributed by atoms with Crippen LogP contribution < -0.4 is 5.73 Å². The summed E-state index contributed by atoms with van der Waals surface area (Å²) in [6.07, 6.45) is 0.536. The average molecular weight is 309 g/mol. The van der Waals surface area contributed by atoms with Gasteiger partial charge in [-0.05, 0) is 49.4 Å². The maximum atomic E-state index is 11.6. The highest BCUT2D eigenvalue weighted by atomic mass is 32.1. The predicted octanol–water partition coefficient (Wildman–Crippen LogP) is 3.53. The lowest BCUT2D eigenvalue weighted by atomic mass is 10.1. The number of rotatable bonds is 5. The Morgan fingerprint density at radius 2 is 2.10 bits per heavy atom. The Kier molecular flexibility index (Phi) is 4.96. The number of ether oxygens (including phenoxy) is 1. The van der Waals surface area contributed by atoms with Gasteiger partial charge in [-0.3, -0.25) is 4.79 Å². The van der Waals surface area contributed by atoms with E-state index in [1.54, 1.807) is 29.6 Å². The van der Waals surface area contributed by atoms with E-state index < -0.39 is 6.04 Å². The molecule has 0 spiro atoms. The van der Waals surface area contributed by atoms with Crippen molar-refractivity contribution in [1.29, 1.82) is 0 Å². The highest BCUT2D eigenvalue weighted by Gasteiger charge is 2.18. The Hall–Kier alpha value is -1.17. The number of esters is 1. The molecule has 0 aliphatic carbocycles. The minimum Gasteiger partial charge on any atom is -0.465 e. The van der Waals surface area contributed by atoms with Crippen LogP contribution in [0, 0.1) is 13.8 Å². The fourth-order valence-electron chi connectivity index (χ4n) is 2.03. The molecule has 0 bridgehead atoms. The largest absolute Gasteiger partial charge is 0.465 e. The molecule has 2 N–H and O–H groups in total. The van der Waals surface area contributed by atoms with Crippen molar-refractivity contribution < 1.29 is 9.53 Å². The maximum absolute atomic E-state index is 11.6. The van der Waals surface area contributed by atoms with Crippen molar-refractivity contribution in [2.75, 3.05) is 6.61 Å². The van der Waals surface area contributed by atoms with E-state index in [1.165, 1.54) is 20.9 Å². The number of thiophene rings is 2. The third kappa shape index (κ3) is 3.29. The molecule has 5 heteroatoms. The molecule has 1 unspecified atom stereocenters. The molecule has 2 heterocycles. The van der Waals surface area contributed by atoms with Crippen molar-refractivity contribution in [2.45, 2.75) is 33.2 Å². The van der Waals surface area contributed by atoms with Gasteiger partial charge in [0.05, 0.1) is 6.61 Å². The van der Waals surface area contributed by atoms with Gasteiger partial charge >= 0.3 is 5.97 Å². The molecule has 2 rings (SSSR count). The molecule has 1 atom stereocenters. The number of carbonyl (C=O) groups excluding carboxylic acids is 1. The molecule has 108 valence electrons. The summed E-state index contributed by atoms with van der Waals surface area (Å²) in [5.74, 6) is -0.326. The van der Waals surface area contributed by atoms with E-state index in [1.807, 2.05) is 0 Å². The summed E-state index contributed by atoms with van der Waals surface area (Å²) in [5, 5.41) is 2.11. The third-order valence-electron chi connectivity index (χ3n) is 3.05. The number of carbonyl (C=O) groups is 1. The van der Waals surface area contributed by atoms with Crippen molar-refractivity contribution in [2.24, 2.45) is 5.73 Å². The van der Waals surface area contributed by atoms with Gasteiger partial charge in [0.15, 0.2) is 0 Å². The van der Waals surface area contributed by atoms with E-state index >= 15 is 0 Å². The molecule has 0 saturated carbocycles. The number of aryl methyl sites for hydroxylation is 2. The minimum atomic E-state index is -0.578. The summed E-state index contributed by atoms with van der Waals surface area (Å²) in [6.45, 7) is 6.38. The zero-order valence-electron chi connectivity index (χ0n) is 11.9. The summed E-state index contributed by atoms with van der Waals surface area (Å²) in [4.78, 5) is 15.3. The molecule has 0 radical (unpaired) electrons. The van der Waals surface area contributed by atoms with Gasteiger partial charge in [0, 0.05) is 21.1 Å². The van der Waals surface area contributed by atoms with E-state index in [4.69, 9.17) is 10.5 Å². The highest BCUT2D eigenvalue weighted by Crippen LogP contribution is 2.37. The van der Waals surface area contributed by atoms with Crippen molar-refractivity contribution in [3.8, 4) is 9.75 Å².